The van der Waals surface area contributed by atoms with Gasteiger partial charge in [0.1, 0.15) is 0 Å². The molecule has 0 radical (unpaired) electrons. The Morgan fingerprint density at radius 3 is 2.62 bits per heavy atom. The van der Waals surface area contributed by atoms with Crippen LogP contribution in [0, 0.1) is 18.8 Å². The fourth-order valence-electron chi connectivity index (χ4n) is 2.51. The van der Waals surface area contributed by atoms with Crippen molar-refractivity contribution in [1.29, 1.82) is 0 Å². The van der Waals surface area contributed by atoms with Crippen LogP contribution < -0.4 is 0 Å². The van der Waals surface area contributed by atoms with Crippen LogP contribution in [0.4, 0.5) is 0 Å². The predicted octanol–water partition coefficient (Wildman–Crippen LogP) is 2.82. The van der Waals surface area contributed by atoms with Gasteiger partial charge in [-0.3, -0.25) is 4.79 Å². The van der Waals surface area contributed by atoms with Crippen LogP contribution in [-0.4, -0.2) is 35.5 Å². The molecule has 4 heteroatoms. The van der Waals surface area contributed by atoms with Gasteiger partial charge in [-0.15, -0.1) is 0 Å². The Hall–Kier alpha value is -2.10. The van der Waals surface area contributed by atoms with Crippen LogP contribution in [0.2, 0.25) is 0 Å². The molecule has 112 valence electrons. The molecule has 0 heterocycles. The third-order valence-electron chi connectivity index (χ3n) is 3.90. The van der Waals surface area contributed by atoms with E-state index < -0.39 is 5.97 Å². The van der Waals surface area contributed by atoms with E-state index in [0.29, 0.717) is 17.4 Å². The first-order chi connectivity index (χ1) is 9.86. The number of carboxylic acids is 1. The minimum atomic E-state index is -0.996. The zero-order chi connectivity index (χ0) is 15.6. The first-order valence-electron chi connectivity index (χ1n) is 7.15. The lowest BCUT2D eigenvalue weighted by molar-refractivity contribution is -0.131. The van der Waals surface area contributed by atoms with Crippen molar-refractivity contribution in [2.24, 2.45) is 11.8 Å². The Morgan fingerprint density at radius 2 is 2.05 bits per heavy atom. The summed E-state index contributed by atoms with van der Waals surface area (Å²) in [4.78, 5) is 24.8. The summed E-state index contributed by atoms with van der Waals surface area (Å²) in [7, 11) is 1.82. The maximum atomic E-state index is 12.4. The third-order valence-corrected chi connectivity index (χ3v) is 3.90. The number of carboxylic acid groups (broad SMARTS) is 1. The summed E-state index contributed by atoms with van der Waals surface area (Å²) in [5.41, 5.74) is 2.28. The van der Waals surface area contributed by atoms with Gasteiger partial charge in [-0.2, -0.15) is 0 Å². The van der Waals surface area contributed by atoms with Crippen molar-refractivity contribution in [2.75, 3.05) is 13.6 Å². The molecule has 1 aromatic carbocycles. The van der Waals surface area contributed by atoms with Crippen molar-refractivity contribution in [3.05, 3.63) is 41.0 Å². The van der Waals surface area contributed by atoms with E-state index in [1.54, 1.807) is 11.0 Å². The first kappa shape index (κ1) is 15.3. The molecule has 4 nitrogen and oxygen atoms in total. The van der Waals surface area contributed by atoms with Crippen LogP contribution in [-0.2, 0) is 4.79 Å². The molecule has 0 aliphatic heterocycles. The highest BCUT2D eigenvalue weighted by Gasteiger charge is 2.34. The van der Waals surface area contributed by atoms with Gasteiger partial charge in [0.2, 0.25) is 0 Å². The second kappa shape index (κ2) is 6.12. The van der Waals surface area contributed by atoms with Gasteiger partial charge in [-0.1, -0.05) is 13.0 Å². The summed E-state index contributed by atoms with van der Waals surface area (Å²) in [5.74, 6) is 0.328. The fraction of sp³-hybridized carbons (Fsp3) is 0.412. The molecule has 1 N–H and O–H groups in total. The zero-order valence-corrected chi connectivity index (χ0v) is 12.7. The van der Waals surface area contributed by atoms with Crippen LogP contribution in [0.3, 0.4) is 0 Å². The lowest BCUT2D eigenvalue weighted by atomic mass is 10.0. The molecule has 0 aromatic heterocycles. The number of hydrogen-bond acceptors (Lipinski definition) is 2. The van der Waals surface area contributed by atoms with E-state index in [1.807, 2.05) is 26.1 Å². The molecule has 2 unspecified atom stereocenters. The smallest absolute Gasteiger partial charge is 0.328 e. The quantitative estimate of drug-likeness (QED) is 0.847. The van der Waals surface area contributed by atoms with Crippen LogP contribution in [0.5, 0.6) is 0 Å². The average Bonchev–Trinajstić information content (AvgIpc) is 3.10. The van der Waals surface area contributed by atoms with E-state index in [-0.39, 0.29) is 5.91 Å². The molecule has 1 saturated carbocycles. The van der Waals surface area contributed by atoms with Crippen LogP contribution in [0.1, 0.15) is 34.8 Å². The van der Waals surface area contributed by atoms with E-state index in [4.69, 9.17) is 5.11 Å². The lowest BCUT2D eigenvalue weighted by Gasteiger charge is -2.17. The average molecular weight is 287 g/mol. The molecule has 0 bridgehead atoms. The monoisotopic (exact) mass is 287 g/mol. The molecule has 1 fully saturated rings. The number of carbonyl (C=O) groups is 2. The van der Waals surface area contributed by atoms with Crippen LogP contribution in [0.15, 0.2) is 24.3 Å². The van der Waals surface area contributed by atoms with Crippen molar-refractivity contribution in [3.63, 3.8) is 0 Å². The summed E-state index contributed by atoms with van der Waals surface area (Å²) in [6.07, 6.45) is 3.78. The van der Waals surface area contributed by atoms with E-state index in [0.717, 1.165) is 23.7 Å². The van der Waals surface area contributed by atoms with E-state index in [1.165, 1.54) is 12.5 Å². The predicted molar refractivity (Wildman–Crippen MR) is 82.1 cm³/mol. The second-order valence-corrected chi connectivity index (χ2v) is 5.96. The minimum Gasteiger partial charge on any atom is -0.478 e. The maximum absolute atomic E-state index is 12.4. The van der Waals surface area contributed by atoms with Crippen LogP contribution in [0.25, 0.3) is 6.08 Å². The number of aryl methyl sites for hydroxylation is 1. The van der Waals surface area contributed by atoms with Gasteiger partial charge < -0.3 is 10.0 Å². The largest absolute Gasteiger partial charge is 0.478 e. The van der Waals surface area contributed by atoms with Gasteiger partial charge >= 0.3 is 5.97 Å². The van der Waals surface area contributed by atoms with Gasteiger partial charge in [-0.05, 0) is 54.5 Å². The van der Waals surface area contributed by atoms with Crippen molar-refractivity contribution in [2.45, 2.75) is 20.3 Å². The number of nitrogens with zero attached hydrogens (tertiary/aromatic N) is 1. The van der Waals surface area contributed by atoms with Crippen molar-refractivity contribution < 1.29 is 14.7 Å². The zero-order valence-electron chi connectivity index (χ0n) is 12.7. The first-order valence-corrected chi connectivity index (χ1v) is 7.15. The molecule has 2 atom stereocenters. The minimum absolute atomic E-state index is 0.0113. The normalized spacial score (nSPS) is 20.5. The molecule has 0 saturated heterocycles. The summed E-state index contributed by atoms with van der Waals surface area (Å²) in [6.45, 7) is 4.89. The fourth-order valence-corrected chi connectivity index (χ4v) is 2.51. The molecule has 2 rings (SSSR count). The molecule has 21 heavy (non-hydrogen) atoms. The summed E-state index contributed by atoms with van der Waals surface area (Å²) in [6, 6.07) is 5.44. The molecule has 1 aromatic rings. The highest BCUT2D eigenvalue weighted by Crippen LogP contribution is 2.38. The van der Waals surface area contributed by atoms with Crippen molar-refractivity contribution in [3.8, 4) is 0 Å². The van der Waals surface area contributed by atoms with Gasteiger partial charge in [0, 0.05) is 25.2 Å². The molecule has 1 aliphatic rings. The Labute approximate surface area is 125 Å². The van der Waals surface area contributed by atoms with E-state index >= 15 is 0 Å². The second-order valence-electron chi connectivity index (χ2n) is 5.96. The van der Waals surface area contributed by atoms with Crippen molar-refractivity contribution >= 4 is 18.0 Å². The lowest BCUT2D eigenvalue weighted by Crippen LogP contribution is -2.29. The Balaban J connectivity index is 2.14. The topological polar surface area (TPSA) is 57.6 Å². The van der Waals surface area contributed by atoms with E-state index in [9.17, 15) is 9.59 Å². The van der Waals surface area contributed by atoms with Gasteiger partial charge in [0.05, 0.1) is 0 Å². The Bertz CT molecular complexity index is 592. The summed E-state index contributed by atoms with van der Waals surface area (Å²) < 4.78 is 0. The van der Waals surface area contributed by atoms with Gasteiger partial charge in [0.15, 0.2) is 0 Å². The number of carbonyl (C=O) groups excluding carboxylic acids is 1. The molecular formula is C17H21NO3. The van der Waals surface area contributed by atoms with Gasteiger partial charge in [0.25, 0.3) is 5.91 Å². The third kappa shape index (κ3) is 4.18. The summed E-state index contributed by atoms with van der Waals surface area (Å²) in [5, 5.41) is 8.68. The van der Waals surface area contributed by atoms with E-state index in [2.05, 4.69) is 6.92 Å². The molecule has 1 amide bonds. The number of benzene rings is 1. The highest BCUT2D eigenvalue weighted by molar-refractivity contribution is 5.95. The highest BCUT2D eigenvalue weighted by atomic mass is 16.4. The molecular weight excluding hydrogens is 266 g/mol. The van der Waals surface area contributed by atoms with Gasteiger partial charge in [-0.25, -0.2) is 4.79 Å². The number of rotatable bonds is 5. The Morgan fingerprint density at radius 1 is 1.38 bits per heavy atom. The van der Waals surface area contributed by atoms with Crippen molar-refractivity contribution in [1.82, 2.24) is 4.90 Å². The number of hydrogen-bond donors (Lipinski definition) is 1. The number of amides is 1. The molecule has 0 spiro atoms. The standard InChI is InChI=1S/C17H21NO3/c1-11-6-13(4-5-16(19)20)9-14(7-11)17(21)18(3)10-15-8-12(15)2/h4-7,9,12,15H,8,10H2,1-3H3,(H,19,20)/b5-4+. The summed E-state index contributed by atoms with van der Waals surface area (Å²) >= 11 is 0. The number of aliphatic carboxylic acids is 1. The maximum Gasteiger partial charge on any atom is 0.328 e. The SMILES string of the molecule is Cc1cc(/C=C/C(=O)O)cc(C(=O)N(C)CC2CC2C)c1. The van der Waals surface area contributed by atoms with Crippen LogP contribution >= 0.6 is 0 Å². The molecule has 1 aliphatic carbocycles. The Kier molecular flexibility index (Phi) is 4.46.